The summed E-state index contributed by atoms with van der Waals surface area (Å²) >= 11 is 0. The van der Waals surface area contributed by atoms with Gasteiger partial charge in [-0.2, -0.15) is 35.1 Å². The predicted octanol–water partition coefficient (Wildman–Crippen LogP) is 2.41. The van der Waals surface area contributed by atoms with Crippen LogP contribution in [0.2, 0.25) is 0 Å². The summed E-state index contributed by atoms with van der Waals surface area (Å²) in [6.45, 7) is 0. The summed E-state index contributed by atoms with van der Waals surface area (Å²) < 4.78 is 100. The van der Waals surface area contributed by atoms with E-state index in [1.165, 1.54) is 0 Å². The van der Waals surface area contributed by atoms with E-state index < -0.39 is 27.7 Å². The molecule has 0 N–H and O–H groups in total. The van der Waals surface area contributed by atoms with Gasteiger partial charge in [0.05, 0.1) is 0 Å². The Morgan fingerprint density at radius 3 is 1.15 bits per heavy atom. The predicted molar refractivity (Wildman–Crippen MR) is 25.2 cm³/mol. The molecule has 0 aromatic rings. The van der Waals surface area contributed by atoms with Gasteiger partial charge in [-0.05, 0) is 0 Å². The third kappa shape index (κ3) is 2.51. The normalized spacial score (nSPS) is 17.2. The van der Waals surface area contributed by atoms with Crippen LogP contribution in [0.5, 0.6) is 0 Å². The molecule has 0 rings (SSSR count). The molecule has 1 unspecified atom stereocenters. The Morgan fingerprint density at radius 2 is 1.08 bits per heavy atom. The van der Waals surface area contributed by atoms with Crippen molar-refractivity contribution in [1.29, 1.82) is 0 Å². The van der Waals surface area contributed by atoms with E-state index in [2.05, 4.69) is 0 Å². The van der Waals surface area contributed by atoms with E-state index in [1.807, 2.05) is 0 Å². The van der Waals surface area contributed by atoms with Crippen molar-refractivity contribution in [2.75, 3.05) is 0 Å². The summed E-state index contributed by atoms with van der Waals surface area (Å²) in [5.41, 5.74) is -6.10. The molecule has 0 aliphatic heterocycles. The van der Waals surface area contributed by atoms with Crippen molar-refractivity contribution in [2.24, 2.45) is 0 Å². The highest BCUT2D eigenvalue weighted by Crippen LogP contribution is 2.43. The van der Waals surface area contributed by atoms with Crippen molar-refractivity contribution in [1.82, 2.24) is 0 Å². The molecule has 0 spiro atoms. The van der Waals surface area contributed by atoms with E-state index in [1.54, 1.807) is 0 Å². The molecule has 0 saturated heterocycles. The summed E-state index contributed by atoms with van der Waals surface area (Å²) in [7, 11) is -5.28. The maximum absolute atomic E-state index is 11.7. The topological polar surface area (TPSA) is 17.1 Å². The zero-order chi connectivity index (χ0) is 11.1. The highest BCUT2D eigenvalue weighted by atomic mass is 32.2. The van der Waals surface area contributed by atoms with Gasteiger partial charge in [0.25, 0.3) is 0 Å². The fourth-order valence-electron chi connectivity index (χ4n) is 0.250. The highest BCUT2D eigenvalue weighted by molar-refractivity contribution is 7.87. The van der Waals surface area contributed by atoms with Gasteiger partial charge in [-0.1, -0.05) is 0 Å². The number of alkyl halides is 8. The number of rotatable bonds is 1. The highest BCUT2D eigenvalue weighted by Gasteiger charge is 2.69. The van der Waals surface area contributed by atoms with Gasteiger partial charge >= 0.3 is 16.9 Å². The van der Waals surface area contributed by atoms with Crippen LogP contribution in [0, 0.1) is 0 Å². The first kappa shape index (κ1) is 12.6. The average molecular weight is 236 g/mol. The SMILES string of the molecule is O=S(C(F)(F)F)C(F)(F)C(F)(F)F. The van der Waals surface area contributed by atoms with Crippen molar-refractivity contribution >= 4 is 10.8 Å². The first-order chi connectivity index (χ1) is 5.40. The second-order valence-electron chi connectivity index (χ2n) is 1.73. The summed E-state index contributed by atoms with van der Waals surface area (Å²) in [6, 6.07) is 0. The average Bonchev–Trinajstić information content (AvgIpc) is 1.81. The van der Waals surface area contributed by atoms with Crippen LogP contribution >= 0.6 is 0 Å². The Hall–Kier alpha value is -0.410. The van der Waals surface area contributed by atoms with Crippen LogP contribution in [-0.2, 0) is 10.8 Å². The van der Waals surface area contributed by atoms with Crippen molar-refractivity contribution in [3.05, 3.63) is 0 Å². The molecule has 0 aliphatic rings. The van der Waals surface area contributed by atoms with Crippen LogP contribution in [0.4, 0.5) is 35.1 Å². The molecule has 80 valence electrons. The molecule has 0 bridgehead atoms. The molecule has 0 heterocycles. The summed E-state index contributed by atoms with van der Waals surface area (Å²) in [4.78, 5) is 0. The lowest BCUT2D eigenvalue weighted by Gasteiger charge is -2.19. The number of hydrogen-bond acceptors (Lipinski definition) is 1. The van der Waals surface area contributed by atoms with Crippen LogP contribution in [0.3, 0.4) is 0 Å². The van der Waals surface area contributed by atoms with Crippen molar-refractivity contribution in [3.8, 4) is 0 Å². The minimum absolute atomic E-state index is 5.28. The van der Waals surface area contributed by atoms with Gasteiger partial charge in [0.2, 0.25) is 10.8 Å². The molecule has 0 fully saturated rings. The minimum Gasteiger partial charge on any atom is -0.244 e. The smallest absolute Gasteiger partial charge is 0.244 e. The first-order valence-corrected chi connectivity index (χ1v) is 3.49. The van der Waals surface area contributed by atoms with E-state index in [-0.39, 0.29) is 0 Å². The van der Waals surface area contributed by atoms with E-state index in [4.69, 9.17) is 0 Å². The lowest BCUT2D eigenvalue weighted by molar-refractivity contribution is -0.243. The molecule has 0 aliphatic carbocycles. The lowest BCUT2D eigenvalue weighted by Crippen LogP contribution is -2.45. The van der Waals surface area contributed by atoms with E-state index >= 15 is 0 Å². The molecular formula is C3F8OS. The summed E-state index contributed by atoms with van der Waals surface area (Å²) in [5, 5.41) is -6.27. The van der Waals surface area contributed by atoms with Crippen LogP contribution in [0.25, 0.3) is 0 Å². The van der Waals surface area contributed by atoms with E-state index in [0.717, 1.165) is 0 Å². The van der Waals surface area contributed by atoms with Crippen molar-refractivity contribution < 1.29 is 39.3 Å². The van der Waals surface area contributed by atoms with Crippen LogP contribution < -0.4 is 0 Å². The third-order valence-electron chi connectivity index (χ3n) is 0.773. The first-order valence-electron chi connectivity index (χ1n) is 2.34. The summed E-state index contributed by atoms with van der Waals surface area (Å²) in [6.07, 6.45) is -6.48. The zero-order valence-electron chi connectivity index (χ0n) is 5.34. The maximum Gasteiger partial charge on any atom is 0.477 e. The Bertz CT molecular complexity index is 212. The van der Waals surface area contributed by atoms with Crippen LogP contribution in [0.1, 0.15) is 0 Å². The van der Waals surface area contributed by atoms with Gasteiger partial charge in [-0.25, -0.2) is 4.21 Å². The molecular weight excluding hydrogens is 236 g/mol. The second-order valence-corrected chi connectivity index (χ2v) is 3.24. The molecule has 13 heavy (non-hydrogen) atoms. The van der Waals surface area contributed by atoms with Crippen LogP contribution in [-0.4, -0.2) is 21.1 Å². The maximum atomic E-state index is 11.7. The zero-order valence-corrected chi connectivity index (χ0v) is 6.16. The van der Waals surface area contributed by atoms with Crippen molar-refractivity contribution in [2.45, 2.75) is 16.9 Å². The summed E-state index contributed by atoms with van der Waals surface area (Å²) in [5.74, 6) is 0. The van der Waals surface area contributed by atoms with E-state index in [0.29, 0.717) is 0 Å². The fourth-order valence-corrected chi connectivity index (χ4v) is 0.751. The Labute approximate surface area is 68.2 Å². The van der Waals surface area contributed by atoms with Gasteiger partial charge < -0.3 is 0 Å². The van der Waals surface area contributed by atoms with E-state index in [9.17, 15) is 39.3 Å². The molecule has 0 amide bonds. The fraction of sp³-hybridized carbons (Fsp3) is 1.00. The minimum atomic E-state index is -6.48. The number of hydrogen-bond donors (Lipinski definition) is 0. The van der Waals surface area contributed by atoms with Gasteiger partial charge in [-0.15, -0.1) is 0 Å². The molecule has 0 saturated carbocycles. The molecule has 0 aromatic heterocycles. The Kier molecular flexibility index (Phi) is 2.97. The van der Waals surface area contributed by atoms with Crippen molar-refractivity contribution in [3.63, 3.8) is 0 Å². The monoisotopic (exact) mass is 236 g/mol. The second kappa shape index (κ2) is 3.07. The number of halogens is 8. The van der Waals surface area contributed by atoms with Gasteiger partial charge in [-0.3, -0.25) is 0 Å². The third-order valence-corrected chi connectivity index (χ3v) is 1.89. The standard InChI is InChI=1S/C3F8OS/c4-1(5,6)2(7,8)13(12)3(9,10)11. The van der Waals surface area contributed by atoms with Gasteiger partial charge in [0, 0.05) is 0 Å². The van der Waals surface area contributed by atoms with Gasteiger partial charge in [0.1, 0.15) is 0 Å². The van der Waals surface area contributed by atoms with Crippen LogP contribution in [0.15, 0.2) is 0 Å². The molecule has 1 atom stereocenters. The lowest BCUT2D eigenvalue weighted by atomic mass is 10.7. The molecule has 10 heteroatoms. The Morgan fingerprint density at radius 1 is 0.769 bits per heavy atom. The molecule has 1 nitrogen and oxygen atoms in total. The Balaban J connectivity index is 4.98. The molecule has 0 radical (unpaired) electrons. The quantitative estimate of drug-likeness (QED) is 0.639. The van der Waals surface area contributed by atoms with Gasteiger partial charge in [0.15, 0.2) is 0 Å². The molecule has 0 aromatic carbocycles. The largest absolute Gasteiger partial charge is 0.477 e.